The summed E-state index contributed by atoms with van der Waals surface area (Å²) in [6.07, 6.45) is 5.66. The topological polar surface area (TPSA) is 105 Å². The minimum Gasteiger partial charge on any atom is -0.384 e. The van der Waals surface area contributed by atoms with Crippen LogP contribution in [0.5, 0.6) is 0 Å². The molecule has 1 aliphatic carbocycles. The number of nitrogens with one attached hydrogen (secondary N) is 1. The lowest BCUT2D eigenvalue weighted by Crippen LogP contribution is -2.32. The van der Waals surface area contributed by atoms with Gasteiger partial charge in [-0.15, -0.1) is 0 Å². The molecule has 2 heterocycles. The number of sulfonamides is 1. The standard InChI is InChI=1S/C21H24N4O3S/c22-20-8-6-15(12-24-20)7-9-21(26)23-11-10-17-18-13-25(14-19(17)18)29(27,28)16-4-2-1-3-5-16/h1-9,12,17-19H,10-11,13-14H2,(H2,22,24)(H,23,26)/b9-7+. The summed E-state index contributed by atoms with van der Waals surface area (Å²) in [5, 5.41) is 2.89. The third-order valence-electron chi connectivity index (χ3n) is 5.73. The Morgan fingerprint density at radius 2 is 1.90 bits per heavy atom. The van der Waals surface area contributed by atoms with Crippen LogP contribution in [0.15, 0.2) is 59.6 Å². The van der Waals surface area contributed by atoms with Gasteiger partial charge in [0.2, 0.25) is 15.9 Å². The number of amides is 1. The number of carbonyl (C=O) groups excluding carboxylic acids is 1. The first-order valence-electron chi connectivity index (χ1n) is 9.68. The summed E-state index contributed by atoms with van der Waals surface area (Å²) >= 11 is 0. The fourth-order valence-electron chi connectivity index (χ4n) is 4.08. The first-order valence-corrected chi connectivity index (χ1v) is 11.1. The molecule has 1 amide bonds. The Morgan fingerprint density at radius 1 is 1.17 bits per heavy atom. The lowest BCUT2D eigenvalue weighted by Gasteiger charge is -2.19. The Balaban J connectivity index is 1.20. The molecular weight excluding hydrogens is 388 g/mol. The second-order valence-electron chi connectivity index (χ2n) is 7.56. The monoisotopic (exact) mass is 412 g/mol. The number of nitrogens with zero attached hydrogens (tertiary/aromatic N) is 2. The molecule has 2 unspecified atom stereocenters. The highest BCUT2D eigenvalue weighted by Crippen LogP contribution is 2.54. The molecule has 0 bridgehead atoms. The van der Waals surface area contributed by atoms with Crippen LogP contribution >= 0.6 is 0 Å². The molecule has 152 valence electrons. The van der Waals surface area contributed by atoms with Gasteiger partial charge in [-0.1, -0.05) is 18.2 Å². The smallest absolute Gasteiger partial charge is 0.244 e. The van der Waals surface area contributed by atoms with Crippen molar-refractivity contribution in [3.8, 4) is 0 Å². The van der Waals surface area contributed by atoms with Gasteiger partial charge in [0, 0.05) is 31.9 Å². The zero-order valence-electron chi connectivity index (χ0n) is 15.9. The van der Waals surface area contributed by atoms with Crippen LogP contribution in [0.4, 0.5) is 5.82 Å². The zero-order valence-corrected chi connectivity index (χ0v) is 16.8. The van der Waals surface area contributed by atoms with E-state index in [9.17, 15) is 13.2 Å². The second-order valence-corrected chi connectivity index (χ2v) is 9.49. The molecule has 1 saturated carbocycles. The van der Waals surface area contributed by atoms with Crippen LogP contribution in [0, 0.1) is 17.8 Å². The third-order valence-corrected chi connectivity index (χ3v) is 7.58. The van der Waals surface area contributed by atoms with Crippen molar-refractivity contribution in [3.05, 3.63) is 60.3 Å². The zero-order chi connectivity index (χ0) is 20.4. The molecular formula is C21H24N4O3S. The van der Waals surface area contributed by atoms with Gasteiger partial charge in [0.05, 0.1) is 4.90 Å². The van der Waals surface area contributed by atoms with Crippen molar-refractivity contribution in [2.75, 3.05) is 25.4 Å². The second kappa shape index (κ2) is 7.96. The van der Waals surface area contributed by atoms with Crippen molar-refractivity contribution in [3.63, 3.8) is 0 Å². The van der Waals surface area contributed by atoms with Crippen LogP contribution in [-0.2, 0) is 14.8 Å². The first kappa shape index (κ1) is 19.6. The van der Waals surface area contributed by atoms with Crippen LogP contribution in [0.25, 0.3) is 6.08 Å². The number of nitrogen functional groups attached to an aromatic ring is 1. The maximum atomic E-state index is 12.7. The van der Waals surface area contributed by atoms with Gasteiger partial charge in [-0.25, -0.2) is 13.4 Å². The molecule has 0 spiro atoms. The van der Waals surface area contributed by atoms with Gasteiger partial charge in [0.15, 0.2) is 0 Å². The minimum absolute atomic E-state index is 0.152. The Labute approximate surface area is 170 Å². The van der Waals surface area contributed by atoms with Gasteiger partial charge in [-0.3, -0.25) is 4.79 Å². The largest absolute Gasteiger partial charge is 0.384 e. The molecule has 1 aromatic heterocycles. The predicted octanol–water partition coefficient (Wildman–Crippen LogP) is 1.75. The van der Waals surface area contributed by atoms with Gasteiger partial charge >= 0.3 is 0 Å². The molecule has 2 fully saturated rings. The molecule has 1 saturated heterocycles. The summed E-state index contributed by atoms with van der Waals surface area (Å²) < 4.78 is 26.9. The molecule has 3 N–H and O–H groups in total. The van der Waals surface area contributed by atoms with Gasteiger partial charge in [-0.2, -0.15) is 4.31 Å². The Hall–Kier alpha value is -2.71. The van der Waals surface area contributed by atoms with Crippen molar-refractivity contribution >= 4 is 27.8 Å². The Morgan fingerprint density at radius 3 is 2.55 bits per heavy atom. The lowest BCUT2D eigenvalue weighted by molar-refractivity contribution is -0.116. The normalized spacial score (nSPS) is 23.8. The van der Waals surface area contributed by atoms with Gasteiger partial charge in [-0.05, 0) is 60.1 Å². The average molecular weight is 413 g/mol. The quantitative estimate of drug-likeness (QED) is 0.674. The molecule has 0 radical (unpaired) electrons. The third kappa shape index (κ3) is 4.33. The number of pyridine rings is 1. The summed E-state index contributed by atoms with van der Waals surface area (Å²) in [4.78, 5) is 16.3. The predicted molar refractivity (Wildman–Crippen MR) is 111 cm³/mol. The minimum atomic E-state index is -3.39. The van der Waals surface area contributed by atoms with E-state index in [1.165, 1.54) is 6.08 Å². The fourth-order valence-corrected chi connectivity index (χ4v) is 5.62. The van der Waals surface area contributed by atoms with Crippen molar-refractivity contribution in [1.29, 1.82) is 0 Å². The average Bonchev–Trinajstić information content (AvgIpc) is 3.16. The molecule has 1 aromatic carbocycles. The number of benzene rings is 1. The van der Waals surface area contributed by atoms with Crippen molar-refractivity contribution in [2.24, 2.45) is 17.8 Å². The van der Waals surface area contributed by atoms with E-state index in [1.807, 2.05) is 6.07 Å². The van der Waals surface area contributed by atoms with Crippen LogP contribution in [0.2, 0.25) is 0 Å². The van der Waals surface area contributed by atoms with E-state index in [-0.39, 0.29) is 5.91 Å². The van der Waals surface area contributed by atoms with Gasteiger partial charge < -0.3 is 11.1 Å². The van der Waals surface area contributed by atoms with Crippen LogP contribution in [0.1, 0.15) is 12.0 Å². The molecule has 4 rings (SSSR count). The van der Waals surface area contributed by atoms with E-state index in [0.29, 0.717) is 48.1 Å². The van der Waals surface area contributed by atoms with Crippen LogP contribution in [-0.4, -0.2) is 43.2 Å². The van der Waals surface area contributed by atoms with Crippen molar-refractivity contribution in [2.45, 2.75) is 11.3 Å². The number of piperidine rings is 1. The molecule has 2 aliphatic rings. The molecule has 1 aliphatic heterocycles. The first-order chi connectivity index (χ1) is 13.9. The molecule has 2 aromatic rings. The van der Waals surface area contributed by atoms with E-state index in [0.717, 1.165) is 12.0 Å². The van der Waals surface area contributed by atoms with E-state index >= 15 is 0 Å². The highest BCUT2D eigenvalue weighted by atomic mass is 32.2. The number of nitrogens with two attached hydrogens (primary N) is 1. The molecule has 2 atom stereocenters. The Bertz CT molecular complexity index is 994. The van der Waals surface area contributed by atoms with E-state index < -0.39 is 10.0 Å². The molecule has 29 heavy (non-hydrogen) atoms. The number of carbonyl (C=O) groups is 1. The Kier molecular flexibility index (Phi) is 5.38. The summed E-state index contributed by atoms with van der Waals surface area (Å²) in [6, 6.07) is 12.1. The summed E-state index contributed by atoms with van der Waals surface area (Å²) in [5.41, 5.74) is 6.34. The highest BCUT2D eigenvalue weighted by molar-refractivity contribution is 7.89. The van der Waals surface area contributed by atoms with E-state index in [4.69, 9.17) is 5.73 Å². The fraction of sp³-hybridized carbons (Fsp3) is 0.333. The number of aromatic nitrogens is 1. The van der Waals surface area contributed by atoms with Crippen molar-refractivity contribution < 1.29 is 13.2 Å². The van der Waals surface area contributed by atoms with Gasteiger partial charge in [0.25, 0.3) is 0 Å². The maximum Gasteiger partial charge on any atom is 0.244 e. The van der Waals surface area contributed by atoms with Gasteiger partial charge in [0.1, 0.15) is 5.82 Å². The molecule has 8 heteroatoms. The summed E-state index contributed by atoms with van der Waals surface area (Å²) in [5.74, 6) is 1.59. The molecule has 7 nitrogen and oxygen atoms in total. The van der Waals surface area contributed by atoms with E-state index in [2.05, 4.69) is 10.3 Å². The lowest BCUT2D eigenvalue weighted by atomic mass is 10.2. The number of hydrogen-bond donors (Lipinski definition) is 2. The number of anilines is 1. The van der Waals surface area contributed by atoms with Crippen LogP contribution < -0.4 is 11.1 Å². The summed E-state index contributed by atoms with van der Waals surface area (Å²) in [7, 11) is -3.39. The van der Waals surface area contributed by atoms with Crippen molar-refractivity contribution in [1.82, 2.24) is 14.6 Å². The van der Waals surface area contributed by atoms with Crippen LogP contribution in [0.3, 0.4) is 0 Å². The number of fused-ring (bicyclic) bond motifs is 1. The summed E-state index contributed by atoms with van der Waals surface area (Å²) in [6.45, 7) is 1.74. The number of hydrogen-bond acceptors (Lipinski definition) is 5. The highest BCUT2D eigenvalue weighted by Gasteiger charge is 2.57. The SMILES string of the molecule is Nc1ccc(/C=C/C(=O)NCCC2C3CN(S(=O)(=O)c4ccccc4)CC23)cn1. The number of rotatable bonds is 7. The van der Waals surface area contributed by atoms with E-state index in [1.54, 1.807) is 53.0 Å². The maximum absolute atomic E-state index is 12.7.